The number of nitrogens with zero attached hydrogens (tertiary/aromatic N) is 5. The first-order chi connectivity index (χ1) is 13.3. The summed E-state index contributed by atoms with van der Waals surface area (Å²) in [6.07, 6.45) is 4.20. The van der Waals surface area contributed by atoms with Gasteiger partial charge in [-0.05, 0) is 25.0 Å². The Labute approximate surface area is 159 Å². The predicted molar refractivity (Wildman–Crippen MR) is 105 cm³/mol. The molecule has 2 saturated heterocycles. The average Bonchev–Trinajstić information content (AvgIpc) is 3.26. The molecule has 2 aliphatic heterocycles. The summed E-state index contributed by atoms with van der Waals surface area (Å²) in [7, 11) is 1.72. The second-order valence-corrected chi connectivity index (χ2v) is 6.80. The van der Waals surface area contributed by atoms with Crippen LogP contribution in [0.2, 0.25) is 0 Å². The molecular weight excluding hydrogens is 344 g/mol. The number of hydrogen-bond acceptors (Lipinski definition) is 8. The smallest absolute Gasteiger partial charge is 0.244 e. The SMILES string of the molecule is COc1ccccc1N1CCN(c2cnnc(NCC3CCCO3)n2)CC1. The van der Waals surface area contributed by atoms with Crippen molar-refractivity contribution in [3.05, 3.63) is 30.5 Å². The summed E-state index contributed by atoms with van der Waals surface area (Å²) >= 11 is 0. The minimum Gasteiger partial charge on any atom is -0.495 e. The maximum atomic E-state index is 5.63. The van der Waals surface area contributed by atoms with Crippen molar-refractivity contribution in [1.82, 2.24) is 15.2 Å². The van der Waals surface area contributed by atoms with E-state index in [1.807, 2.05) is 18.2 Å². The van der Waals surface area contributed by atoms with Crippen molar-refractivity contribution in [2.24, 2.45) is 0 Å². The molecule has 0 bridgehead atoms. The first-order valence-corrected chi connectivity index (χ1v) is 9.51. The maximum absolute atomic E-state index is 5.63. The minimum atomic E-state index is 0.252. The molecule has 1 N–H and O–H groups in total. The Morgan fingerprint density at radius 3 is 2.78 bits per heavy atom. The molecule has 1 aromatic heterocycles. The highest BCUT2D eigenvalue weighted by Gasteiger charge is 2.21. The van der Waals surface area contributed by atoms with Crippen LogP contribution < -0.4 is 19.9 Å². The zero-order chi connectivity index (χ0) is 18.5. The largest absolute Gasteiger partial charge is 0.495 e. The third-order valence-electron chi connectivity index (χ3n) is 5.09. The van der Waals surface area contributed by atoms with Crippen LogP contribution in [0.15, 0.2) is 30.5 Å². The Bertz CT molecular complexity index is 744. The third kappa shape index (κ3) is 4.21. The van der Waals surface area contributed by atoms with Crippen molar-refractivity contribution in [3.63, 3.8) is 0 Å². The van der Waals surface area contributed by atoms with Gasteiger partial charge in [0.1, 0.15) is 5.75 Å². The van der Waals surface area contributed by atoms with E-state index >= 15 is 0 Å². The van der Waals surface area contributed by atoms with Crippen LogP contribution in [0.25, 0.3) is 0 Å². The Kier molecular flexibility index (Phi) is 5.53. The van der Waals surface area contributed by atoms with Gasteiger partial charge in [0.25, 0.3) is 0 Å². The maximum Gasteiger partial charge on any atom is 0.244 e. The van der Waals surface area contributed by atoms with Crippen molar-refractivity contribution in [1.29, 1.82) is 0 Å². The van der Waals surface area contributed by atoms with E-state index in [2.05, 4.69) is 36.4 Å². The predicted octanol–water partition coefficient (Wildman–Crippen LogP) is 1.80. The van der Waals surface area contributed by atoms with Gasteiger partial charge in [0, 0.05) is 39.3 Å². The normalized spacial score (nSPS) is 20.0. The van der Waals surface area contributed by atoms with Crippen LogP contribution in [0.3, 0.4) is 0 Å². The number of methoxy groups -OCH3 is 1. The van der Waals surface area contributed by atoms with E-state index in [9.17, 15) is 0 Å². The number of aromatic nitrogens is 3. The molecular formula is C19H26N6O2. The van der Waals surface area contributed by atoms with E-state index in [1.54, 1.807) is 13.3 Å². The zero-order valence-corrected chi connectivity index (χ0v) is 15.7. The molecule has 0 saturated carbocycles. The fourth-order valence-corrected chi connectivity index (χ4v) is 3.60. The molecule has 1 atom stereocenters. The molecule has 0 amide bonds. The quantitative estimate of drug-likeness (QED) is 0.825. The van der Waals surface area contributed by atoms with Crippen molar-refractivity contribution in [3.8, 4) is 5.75 Å². The first-order valence-electron chi connectivity index (χ1n) is 9.51. The number of piperazine rings is 1. The van der Waals surface area contributed by atoms with Crippen LogP contribution in [0, 0.1) is 0 Å². The van der Waals surface area contributed by atoms with Gasteiger partial charge in [-0.1, -0.05) is 12.1 Å². The summed E-state index contributed by atoms with van der Waals surface area (Å²) in [5.41, 5.74) is 1.14. The second-order valence-electron chi connectivity index (χ2n) is 6.80. The fraction of sp³-hybridized carbons (Fsp3) is 0.526. The molecule has 2 aromatic rings. The molecule has 1 aromatic carbocycles. The highest BCUT2D eigenvalue weighted by Crippen LogP contribution is 2.29. The highest BCUT2D eigenvalue weighted by molar-refractivity contribution is 5.59. The summed E-state index contributed by atoms with van der Waals surface area (Å²) in [6, 6.07) is 8.15. The van der Waals surface area contributed by atoms with E-state index in [4.69, 9.17) is 9.47 Å². The lowest BCUT2D eigenvalue weighted by atomic mass is 10.2. The summed E-state index contributed by atoms with van der Waals surface area (Å²) in [4.78, 5) is 9.23. The standard InChI is InChI=1S/C19H26N6O2/c1-26-17-7-3-2-6-16(17)24-8-10-25(11-9-24)18-14-21-23-19(22-18)20-13-15-5-4-12-27-15/h2-3,6-7,14-15H,4-5,8-13H2,1H3,(H,20,22,23). The minimum absolute atomic E-state index is 0.252. The molecule has 1 unspecified atom stereocenters. The van der Waals surface area contributed by atoms with E-state index in [1.165, 1.54) is 0 Å². The van der Waals surface area contributed by atoms with Gasteiger partial charge in [-0.25, -0.2) is 0 Å². The molecule has 2 aliphatic rings. The Morgan fingerprint density at radius 1 is 1.19 bits per heavy atom. The van der Waals surface area contributed by atoms with Crippen molar-refractivity contribution >= 4 is 17.5 Å². The second kappa shape index (κ2) is 8.39. The molecule has 2 fully saturated rings. The topological polar surface area (TPSA) is 75.6 Å². The third-order valence-corrected chi connectivity index (χ3v) is 5.09. The highest BCUT2D eigenvalue weighted by atomic mass is 16.5. The first kappa shape index (κ1) is 17.8. The zero-order valence-electron chi connectivity index (χ0n) is 15.7. The van der Waals surface area contributed by atoms with Gasteiger partial charge < -0.3 is 24.6 Å². The molecule has 8 nitrogen and oxygen atoms in total. The van der Waals surface area contributed by atoms with E-state index in [0.29, 0.717) is 5.95 Å². The molecule has 0 radical (unpaired) electrons. The molecule has 4 rings (SSSR count). The molecule has 0 aliphatic carbocycles. The number of rotatable bonds is 6. The summed E-state index contributed by atoms with van der Waals surface area (Å²) < 4.78 is 11.1. The fourth-order valence-electron chi connectivity index (χ4n) is 3.60. The van der Waals surface area contributed by atoms with Crippen LogP contribution in [-0.4, -0.2) is 67.7 Å². The lowest BCUT2D eigenvalue weighted by Gasteiger charge is -2.37. The van der Waals surface area contributed by atoms with Gasteiger partial charge >= 0.3 is 0 Å². The van der Waals surface area contributed by atoms with E-state index < -0.39 is 0 Å². The van der Waals surface area contributed by atoms with Gasteiger partial charge in [-0.2, -0.15) is 10.1 Å². The van der Waals surface area contributed by atoms with E-state index in [0.717, 1.165) is 69.4 Å². The lowest BCUT2D eigenvalue weighted by Crippen LogP contribution is -2.47. The van der Waals surface area contributed by atoms with Crippen LogP contribution >= 0.6 is 0 Å². The van der Waals surface area contributed by atoms with Crippen molar-refractivity contribution < 1.29 is 9.47 Å². The summed E-state index contributed by atoms with van der Waals surface area (Å²) in [5, 5.41) is 11.5. The number of para-hydroxylation sites is 2. The number of nitrogens with one attached hydrogen (secondary N) is 1. The van der Waals surface area contributed by atoms with Crippen molar-refractivity contribution in [2.45, 2.75) is 18.9 Å². The van der Waals surface area contributed by atoms with Crippen LogP contribution in [-0.2, 0) is 4.74 Å². The summed E-state index contributed by atoms with van der Waals surface area (Å²) in [6.45, 7) is 5.14. The molecule has 3 heterocycles. The van der Waals surface area contributed by atoms with Gasteiger partial charge in [0.2, 0.25) is 5.95 Å². The summed E-state index contributed by atoms with van der Waals surface area (Å²) in [5.74, 6) is 2.34. The number of anilines is 3. The monoisotopic (exact) mass is 370 g/mol. The number of hydrogen-bond donors (Lipinski definition) is 1. The van der Waals surface area contributed by atoms with Crippen LogP contribution in [0.5, 0.6) is 5.75 Å². The van der Waals surface area contributed by atoms with Crippen molar-refractivity contribution in [2.75, 3.05) is 61.6 Å². The molecule has 8 heteroatoms. The van der Waals surface area contributed by atoms with Gasteiger partial charge in [0.15, 0.2) is 5.82 Å². The van der Waals surface area contributed by atoms with Gasteiger partial charge in [-0.15, -0.1) is 5.10 Å². The lowest BCUT2D eigenvalue weighted by molar-refractivity contribution is 0.120. The molecule has 144 valence electrons. The molecule has 27 heavy (non-hydrogen) atoms. The average molecular weight is 370 g/mol. The van der Waals surface area contributed by atoms with Gasteiger partial charge in [0.05, 0.1) is 25.1 Å². The van der Waals surface area contributed by atoms with Crippen LogP contribution in [0.4, 0.5) is 17.5 Å². The molecule has 0 spiro atoms. The van der Waals surface area contributed by atoms with Crippen LogP contribution in [0.1, 0.15) is 12.8 Å². The van der Waals surface area contributed by atoms with E-state index in [-0.39, 0.29) is 6.10 Å². The number of ether oxygens (including phenoxy) is 2. The number of benzene rings is 1. The van der Waals surface area contributed by atoms with Gasteiger partial charge in [-0.3, -0.25) is 0 Å². The Balaban J connectivity index is 1.35. The Hall–Kier alpha value is -2.61. The Morgan fingerprint density at radius 2 is 2.00 bits per heavy atom.